The van der Waals surface area contributed by atoms with E-state index in [1.807, 2.05) is 12.3 Å². The zero-order valence-electron chi connectivity index (χ0n) is 10.3. The Hall–Kier alpha value is -1.37. The van der Waals surface area contributed by atoms with Gasteiger partial charge in [-0.2, -0.15) is 0 Å². The SMILES string of the molecule is CC(C)C(C)Cc1ccc2ncccc2c1. The molecule has 84 valence electrons. The molecule has 1 heteroatoms. The maximum atomic E-state index is 4.34. The Kier molecular flexibility index (Phi) is 3.23. The second kappa shape index (κ2) is 4.65. The Morgan fingerprint density at radius 2 is 1.94 bits per heavy atom. The van der Waals surface area contributed by atoms with Crippen LogP contribution in [0.2, 0.25) is 0 Å². The molecule has 0 aliphatic rings. The van der Waals surface area contributed by atoms with Gasteiger partial charge in [0, 0.05) is 11.6 Å². The summed E-state index contributed by atoms with van der Waals surface area (Å²) in [6.45, 7) is 6.89. The molecule has 0 saturated heterocycles. The molecule has 0 spiro atoms. The van der Waals surface area contributed by atoms with Crippen LogP contribution in [0.4, 0.5) is 0 Å². The fourth-order valence-electron chi connectivity index (χ4n) is 1.86. The van der Waals surface area contributed by atoms with Gasteiger partial charge >= 0.3 is 0 Å². The van der Waals surface area contributed by atoms with Gasteiger partial charge in [0.1, 0.15) is 0 Å². The van der Waals surface area contributed by atoms with Crippen LogP contribution in [0.3, 0.4) is 0 Å². The van der Waals surface area contributed by atoms with Crippen molar-refractivity contribution in [1.29, 1.82) is 0 Å². The van der Waals surface area contributed by atoms with E-state index in [0.29, 0.717) is 0 Å². The topological polar surface area (TPSA) is 12.9 Å². The lowest BCUT2D eigenvalue weighted by Crippen LogP contribution is -2.07. The van der Waals surface area contributed by atoms with E-state index < -0.39 is 0 Å². The first-order chi connectivity index (χ1) is 7.66. The number of fused-ring (bicyclic) bond motifs is 1. The van der Waals surface area contributed by atoms with Crippen LogP contribution in [-0.4, -0.2) is 4.98 Å². The molecule has 2 aromatic rings. The van der Waals surface area contributed by atoms with Crippen LogP contribution in [0.25, 0.3) is 10.9 Å². The first kappa shape index (κ1) is 11.1. The molecule has 1 atom stereocenters. The van der Waals surface area contributed by atoms with Crippen LogP contribution in [0, 0.1) is 11.8 Å². The number of nitrogens with zero attached hydrogens (tertiary/aromatic N) is 1. The van der Waals surface area contributed by atoms with E-state index in [4.69, 9.17) is 0 Å². The first-order valence-electron chi connectivity index (χ1n) is 6.00. The van der Waals surface area contributed by atoms with Gasteiger partial charge in [-0.15, -0.1) is 0 Å². The quantitative estimate of drug-likeness (QED) is 0.749. The fraction of sp³-hybridized carbons (Fsp3) is 0.400. The van der Waals surface area contributed by atoms with Gasteiger partial charge in [0.05, 0.1) is 5.52 Å². The van der Waals surface area contributed by atoms with Gasteiger partial charge in [-0.1, -0.05) is 32.9 Å². The monoisotopic (exact) mass is 213 g/mol. The Balaban J connectivity index is 2.26. The molecule has 16 heavy (non-hydrogen) atoms. The summed E-state index contributed by atoms with van der Waals surface area (Å²) in [4.78, 5) is 4.34. The predicted molar refractivity (Wildman–Crippen MR) is 69.4 cm³/mol. The molecule has 0 bridgehead atoms. The van der Waals surface area contributed by atoms with Crippen LogP contribution in [-0.2, 0) is 6.42 Å². The van der Waals surface area contributed by atoms with E-state index >= 15 is 0 Å². The van der Waals surface area contributed by atoms with Crippen molar-refractivity contribution >= 4 is 10.9 Å². The third-order valence-corrected chi connectivity index (χ3v) is 3.36. The second-order valence-electron chi connectivity index (χ2n) is 4.96. The second-order valence-corrected chi connectivity index (χ2v) is 4.96. The van der Waals surface area contributed by atoms with Crippen molar-refractivity contribution in [2.45, 2.75) is 27.2 Å². The van der Waals surface area contributed by atoms with Crippen molar-refractivity contribution in [2.75, 3.05) is 0 Å². The van der Waals surface area contributed by atoms with Crippen LogP contribution in [0.5, 0.6) is 0 Å². The van der Waals surface area contributed by atoms with Crippen LogP contribution in [0.1, 0.15) is 26.3 Å². The van der Waals surface area contributed by atoms with Crippen LogP contribution < -0.4 is 0 Å². The number of benzene rings is 1. The molecule has 1 unspecified atom stereocenters. The van der Waals surface area contributed by atoms with Crippen molar-refractivity contribution in [3.63, 3.8) is 0 Å². The summed E-state index contributed by atoms with van der Waals surface area (Å²) in [6, 6.07) is 10.7. The third kappa shape index (κ3) is 2.41. The molecule has 1 nitrogen and oxygen atoms in total. The average molecular weight is 213 g/mol. The summed E-state index contributed by atoms with van der Waals surface area (Å²) in [5.74, 6) is 1.47. The predicted octanol–water partition coefficient (Wildman–Crippen LogP) is 4.07. The zero-order valence-corrected chi connectivity index (χ0v) is 10.3. The maximum Gasteiger partial charge on any atom is 0.0702 e. The molecule has 0 fully saturated rings. The minimum atomic E-state index is 0.731. The summed E-state index contributed by atoms with van der Waals surface area (Å²) in [6.07, 6.45) is 3.00. The lowest BCUT2D eigenvalue weighted by Gasteiger charge is -2.15. The Morgan fingerprint density at radius 3 is 2.69 bits per heavy atom. The van der Waals surface area contributed by atoms with Gasteiger partial charge in [0.15, 0.2) is 0 Å². The number of hydrogen-bond acceptors (Lipinski definition) is 1. The molecular weight excluding hydrogens is 194 g/mol. The molecule has 0 radical (unpaired) electrons. The lowest BCUT2D eigenvalue weighted by atomic mass is 9.91. The van der Waals surface area contributed by atoms with Crippen LogP contribution >= 0.6 is 0 Å². The minimum absolute atomic E-state index is 0.731. The summed E-state index contributed by atoms with van der Waals surface area (Å²) in [5, 5.41) is 1.25. The van der Waals surface area contributed by atoms with Crippen molar-refractivity contribution < 1.29 is 0 Å². The van der Waals surface area contributed by atoms with Gasteiger partial charge in [-0.3, -0.25) is 4.98 Å². The number of aromatic nitrogens is 1. The molecule has 2 rings (SSSR count). The standard InChI is InChI=1S/C15H19N/c1-11(2)12(3)9-13-6-7-15-14(10-13)5-4-8-16-15/h4-8,10-12H,9H2,1-3H3. The maximum absolute atomic E-state index is 4.34. The summed E-state index contributed by atoms with van der Waals surface area (Å²) < 4.78 is 0. The number of rotatable bonds is 3. The molecule has 0 N–H and O–H groups in total. The fourth-order valence-corrected chi connectivity index (χ4v) is 1.86. The number of pyridine rings is 1. The molecule has 0 saturated carbocycles. The lowest BCUT2D eigenvalue weighted by molar-refractivity contribution is 0.417. The minimum Gasteiger partial charge on any atom is -0.256 e. The van der Waals surface area contributed by atoms with Gasteiger partial charge in [-0.05, 0) is 42.0 Å². The third-order valence-electron chi connectivity index (χ3n) is 3.36. The van der Waals surface area contributed by atoms with E-state index in [0.717, 1.165) is 23.8 Å². The molecule has 0 aliphatic heterocycles. The summed E-state index contributed by atoms with van der Waals surface area (Å²) in [7, 11) is 0. The van der Waals surface area contributed by atoms with E-state index in [1.54, 1.807) is 0 Å². The molecule has 1 aromatic carbocycles. The molecule has 0 aliphatic carbocycles. The molecule has 1 aromatic heterocycles. The van der Waals surface area contributed by atoms with Gasteiger partial charge in [-0.25, -0.2) is 0 Å². The van der Waals surface area contributed by atoms with Crippen molar-refractivity contribution in [2.24, 2.45) is 11.8 Å². The van der Waals surface area contributed by atoms with Gasteiger partial charge in [0.2, 0.25) is 0 Å². The summed E-state index contributed by atoms with van der Waals surface area (Å²) >= 11 is 0. The first-order valence-corrected chi connectivity index (χ1v) is 6.00. The highest BCUT2D eigenvalue weighted by atomic mass is 14.6. The highest BCUT2D eigenvalue weighted by Crippen LogP contribution is 2.19. The zero-order chi connectivity index (χ0) is 11.5. The molecular formula is C15H19N. The Bertz CT molecular complexity index is 474. The molecule has 0 amide bonds. The van der Waals surface area contributed by atoms with E-state index in [2.05, 4.69) is 50.0 Å². The Morgan fingerprint density at radius 1 is 1.12 bits per heavy atom. The van der Waals surface area contributed by atoms with Gasteiger partial charge < -0.3 is 0 Å². The highest BCUT2D eigenvalue weighted by molar-refractivity contribution is 5.78. The highest BCUT2D eigenvalue weighted by Gasteiger charge is 2.08. The van der Waals surface area contributed by atoms with E-state index in [1.165, 1.54) is 10.9 Å². The van der Waals surface area contributed by atoms with Crippen LogP contribution in [0.15, 0.2) is 36.5 Å². The average Bonchev–Trinajstić information content (AvgIpc) is 2.28. The van der Waals surface area contributed by atoms with E-state index in [9.17, 15) is 0 Å². The van der Waals surface area contributed by atoms with Crippen molar-refractivity contribution in [3.05, 3.63) is 42.1 Å². The van der Waals surface area contributed by atoms with Crippen molar-refractivity contribution in [3.8, 4) is 0 Å². The number of hydrogen-bond donors (Lipinski definition) is 0. The van der Waals surface area contributed by atoms with Gasteiger partial charge in [0.25, 0.3) is 0 Å². The van der Waals surface area contributed by atoms with E-state index in [-0.39, 0.29) is 0 Å². The van der Waals surface area contributed by atoms with Crippen molar-refractivity contribution in [1.82, 2.24) is 4.98 Å². The summed E-state index contributed by atoms with van der Waals surface area (Å²) in [5.41, 5.74) is 2.50. The smallest absolute Gasteiger partial charge is 0.0702 e. The molecule has 1 heterocycles. The Labute approximate surface area is 97.5 Å². The largest absolute Gasteiger partial charge is 0.256 e. The normalized spacial score (nSPS) is 13.2.